The number of benzene rings is 2. The van der Waals surface area contributed by atoms with Gasteiger partial charge in [0.2, 0.25) is 17.7 Å². The van der Waals surface area contributed by atoms with E-state index in [0.29, 0.717) is 18.6 Å². The second-order valence-electron chi connectivity index (χ2n) is 10.2. The Labute approximate surface area is 236 Å². The van der Waals surface area contributed by atoms with Gasteiger partial charge in [-0.25, -0.2) is 13.2 Å². The maximum absolute atomic E-state index is 14.4. The number of nitrogens with zero attached hydrogens (tertiary/aromatic N) is 2. The van der Waals surface area contributed by atoms with Gasteiger partial charge in [0.05, 0.1) is 12.1 Å². The first kappa shape index (κ1) is 30.9. The molecule has 5 unspecified atom stereocenters. The summed E-state index contributed by atoms with van der Waals surface area (Å²) in [6.45, 7) is 1.43. The molecule has 0 radical (unpaired) electrons. The van der Waals surface area contributed by atoms with Gasteiger partial charge in [0.1, 0.15) is 17.9 Å². The molecule has 0 spiro atoms. The van der Waals surface area contributed by atoms with Gasteiger partial charge < -0.3 is 21.3 Å². The molecule has 0 bridgehead atoms. The lowest BCUT2D eigenvalue weighted by atomic mass is 10.0. The van der Waals surface area contributed by atoms with Crippen LogP contribution < -0.4 is 16.4 Å². The number of piperidine rings is 1. The number of nitriles is 1. The standard InChI is InChI=1S/C28H30F3N5O3.ClH/c1-15(34-28(39)24(33)7-16-5-3-2-4-6-16)27(38)35-19(8-17-10-22(30)23(31)13-21(17)29)12-26(37)36-20(14-32)9-18-11-25(18)36;/h2-6,10,13,15,18-20,24-25H,7-9,11-12,33H2,1H3,(H,34,39)(H,35,38);1H/t15?,18?,19-,20?,24?,25?;/m1./s1. The van der Waals surface area contributed by atoms with E-state index in [-0.39, 0.29) is 49.2 Å². The summed E-state index contributed by atoms with van der Waals surface area (Å²) in [5.41, 5.74) is 6.62. The van der Waals surface area contributed by atoms with Crippen LogP contribution in [0.4, 0.5) is 13.2 Å². The van der Waals surface area contributed by atoms with Crippen molar-refractivity contribution < 1.29 is 27.6 Å². The van der Waals surface area contributed by atoms with Crippen molar-refractivity contribution in [2.45, 2.75) is 69.2 Å². The first-order valence-electron chi connectivity index (χ1n) is 12.8. The summed E-state index contributed by atoms with van der Waals surface area (Å²) in [6, 6.07) is 8.72. The largest absolute Gasteiger partial charge is 0.351 e. The highest BCUT2D eigenvalue weighted by Crippen LogP contribution is 2.47. The van der Waals surface area contributed by atoms with Gasteiger partial charge in [0.25, 0.3) is 0 Å². The van der Waals surface area contributed by atoms with Crippen molar-refractivity contribution in [1.82, 2.24) is 15.5 Å². The average Bonchev–Trinajstić information content (AvgIpc) is 3.56. The molecule has 2 fully saturated rings. The number of rotatable bonds is 10. The van der Waals surface area contributed by atoms with Gasteiger partial charge in [-0.2, -0.15) is 5.26 Å². The molecule has 214 valence electrons. The van der Waals surface area contributed by atoms with Crippen LogP contribution in [0.3, 0.4) is 0 Å². The van der Waals surface area contributed by atoms with Crippen molar-refractivity contribution in [3.8, 4) is 6.07 Å². The Morgan fingerprint density at radius 2 is 1.70 bits per heavy atom. The van der Waals surface area contributed by atoms with E-state index in [1.165, 1.54) is 11.8 Å². The molecule has 8 nitrogen and oxygen atoms in total. The number of likely N-dealkylation sites (tertiary alicyclic amines) is 1. The van der Waals surface area contributed by atoms with E-state index in [4.69, 9.17) is 5.73 Å². The van der Waals surface area contributed by atoms with Crippen molar-refractivity contribution in [3.63, 3.8) is 0 Å². The molecule has 2 aliphatic rings. The Hall–Kier alpha value is -3.62. The molecule has 1 aliphatic heterocycles. The molecule has 12 heteroatoms. The van der Waals surface area contributed by atoms with Crippen LogP contribution in [0.15, 0.2) is 42.5 Å². The van der Waals surface area contributed by atoms with E-state index in [1.54, 1.807) is 0 Å². The third-order valence-electron chi connectivity index (χ3n) is 7.25. The van der Waals surface area contributed by atoms with Crippen LogP contribution in [0.1, 0.15) is 37.3 Å². The highest BCUT2D eigenvalue weighted by Gasteiger charge is 2.54. The minimum Gasteiger partial charge on any atom is -0.351 e. The summed E-state index contributed by atoms with van der Waals surface area (Å²) < 4.78 is 41.7. The fourth-order valence-electron chi connectivity index (χ4n) is 5.08. The second-order valence-corrected chi connectivity index (χ2v) is 10.2. The van der Waals surface area contributed by atoms with Crippen molar-refractivity contribution in [3.05, 3.63) is 71.0 Å². The van der Waals surface area contributed by atoms with Crippen LogP contribution in [0.2, 0.25) is 0 Å². The third-order valence-corrected chi connectivity index (χ3v) is 7.25. The lowest BCUT2D eigenvalue weighted by Gasteiger charge is -2.27. The maximum atomic E-state index is 14.4. The normalized spacial score (nSPS) is 21.2. The molecule has 0 aromatic heterocycles. The molecular formula is C28H31ClF3N5O3. The number of fused-ring (bicyclic) bond motifs is 1. The van der Waals surface area contributed by atoms with Crippen LogP contribution in [0, 0.1) is 34.7 Å². The molecule has 1 saturated heterocycles. The molecule has 1 heterocycles. The first-order chi connectivity index (χ1) is 18.6. The minimum atomic E-state index is -1.36. The first-order valence-corrected chi connectivity index (χ1v) is 12.8. The summed E-state index contributed by atoms with van der Waals surface area (Å²) in [4.78, 5) is 40.2. The fraction of sp³-hybridized carbons (Fsp3) is 0.429. The molecule has 4 N–H and O–H groups in total. The minimum absolute atomic E-state index is 0. The molecule has 1 aliphatic carbocycles. The van der Waals surface area contributed by atoms with Gasteiger partial charge >= 0.3 is 0 Å². The van der Waals surface area contributed by atoms with Crippen LogP contribution in [0.5, 0.6) is 0 Å². The van der Waals surface area contributed by atoms with E-state index in [9.17, 15) is 32.8 Å². The lowest BCUT2D eigenvalue weighted by molar-refractivity contribution is -0.133. The Kier molecular flexibility index (Phi) is 10.2. The van der Waals surface area contributed by atoms with Crippen LogP contribution in [-0.4, -0.2) is 52.8 Å². The van der Waals surface area contributed by atoms with Crippen molar-refractivity contribution in [2.75, 3.05) is 0 Å². The second kappa shape index (κ2) is 13.2. The molecular weight excluding hydrogens is 547 g/mol. The molecule has 2 aromatic rings. The molecule has 6 atom stereocenters. The lowest BCUT2D eigenvalue weighted by Crippen LogP contribution is -2.53. The fourth-order valence-corrected chi connectivity index (χ4v) is 5.08. The summed E-state index contributed by atoms with van der Waals surface area (Å²) in [5, 5.41) is 14.6. The number of nitrogens with two attached hydrogens (primary N) is 1. The predicted octanol–water partition coefficient (Wildman–Crippen LogP) is 2.53. The van der Waals surface area contributed by atoms with Crippen LogP contribution in [0.25, 0.3) is 0 Å². The summed E-state index contributed by atoms with van der Waals surface area (Å²) in [7, 11) is 0. The molecule has 3 amide bonds. The van der Waals surface area contributed by atoms with Gasteiger partial charge in [-0.3, -0.25) is 14.4 Å². The van der Waals surface area contributed by atoms with Crippen LogP contribution in [-0.2, 0) is 27.2 Å². The van der Waals surface area contributed by atoms with E-state index >= 15 is 0 Å². The van der Waals surface area contributed by atoms with E-state index in [1.807, 2.05) is 30.3 Å². The Morgan fingerprint density at radius 3 is 2.38 bits per heavy atom. The zero-order valence-electron chi connectivity index (χ0n) is 21.8. The number of halogens is 4. The molecule has 1 saturated carbocycles. The van der Waals surface area contributed by atoms with Gasteiger partial charge in [-0.05, 0) is 55.7 Å². The Morgan fingerprint density at radius 1 is 1.02 bits per heavy atom. The number of amides is 3. The zero-order valence-corrected chi connectivity index (χ0v) is 22.6. The average molecular weight is 578 g/mol. The van der Waals surface area contributed by atoms with Crippen molar-refractivity contribution >= 4 is 30.1 Å². The highest BCUT2D eigenvalue weighted by atomic mass is 35.5. The third kappa shape index (κ3) is 7.31. The van der Waals surface area contributed by atoms with E-state index in [0.717, 1.165) is 12.0 Å². The van der Waals surface area contributed by atoms with E-state index < -0.39 is 59.3 Å². The molecule has 40 heavy (non-hydrogen) atoms. The summed E-state index contributed by atoms with van der Waals surface area (Å²) in [6.07, 6.45) is 1.03. The molecule has 4 rings (SSSR count). The van der Waals surface area contributed by atoms with Gasteiger partial charge in [-0.1, -0.05) is 30.3 Å². The van der Waals surface area contributed by atoms with Crippen LogP contribution >= 0.6 is 12.4 Å². The smallest absolute Gasteiger partial charge is 0.242 e. The maximum Gasteiger partial charge on any atom is 0.242 e. The zero-order chi connectivity index (χ0) is 28.3. The van der Waals surface area contributed by atoms with Gasteiger partial charge in [0, 0.05) is 24.6 Å². The number of carbonyl (C=O) groups excluding carboxylic acids is 3. The quantitative estimate of drug-likeness (QED) is 0.374. The van der Waals surface area contributed by atoms with Gasteiger partial charge in [0.15, 0.2) is 11.6 Å². The Bertz CT molecular complexity index is 1290. The Balaban J connectivity index is 0.00000441. The number of nitrogens with one attached hydrogen (secondary N) is 2. The summed E-state index contributed by atoms with van der Waals surface area (Å²) >= 11 is 0. The number of hydrogen-bond acceptors (Lipinski definition) is 5. The predicted molar refractivity (Wildman–Crippen MR) is 142 cm³/mol. The van der Waals surface area contributed by atoms with E-state index in [2.05, 4.69) is 16.7 Å². The highest BCUT2D eigenvalue weighted by molar-refractivity contribution is 5.90. The van der Waals surface area contributed by atoms with Gasteiger partial charge in [-0.15, -0.1) is 12.4 Å². The molecule has 2 aromatic carbocycles. The topological polar surface area (TPSA) is 128 Å². The SMILES string of the molecule is CC(NC(=O)C(N)Cc1ccccc1)C(=O)N[C@@H](CC(=O)N1C(C#N)CC2CC21)Cc1cc(F)c(F)cc1F.Cl. The monoisotopic (exact) mass is 577 g/mol. The number of carbonyl (C=O) groups is 3. The van der Waals surface area contributed by atoms with Crippen molar-refractivity contribution in [1.29, 1.82) is 5.26 Å². The number of hydrogen-bond donors (Lipinski definition) is 3. The summed E-state index contributed by atoms with van der Waals surface area (Å²) in [5.74, 6) is -5.00. The van der Waals surface area contributed by atoms with Crippen molar-refractivity contribution in [2.24, 2.45) is 11.7 Å².